The molecule has 1 atom stereocenters. The molecule has 0 bridgehead atoms. The third-order valence-corrected chi connectivity index (χ3v) is 7.23. The predicted octanol–water partition coefficient (Wildman–Crippen LogP) is 4.55. The molecule has 0 aliphatic carbocycles. The van der Waals surface area contributed by atoms with Gasteiger partial charge in [-0.1, -0.05) is 60.7 Å². The lowest BCUT2D eigenvalue weighted by Crippen LogP contribution is -2.56. The lowest BCUT2D eigenvalue weighted by Gasteiger charge is -2.45. The summed E-state index contributed by atoms with van der Waals surface area (Å²) in [6, 6.07) is 24.8. The third kappa shape index (κ3) is 5.69. The molecule has 4 aromatic rings. The highest BCUT2D eigenvalue weighted by Crippen LogP contribution is 2.35. The Labute approximate surface area is 230 Å². The van der Waals surface area contributed by atoms with Crippen molar-refractivity contribution in [3.05, 3.63) is 101 Å². The van der Waals surface area contributed by atoms with Gasteiger partial charge in [-0.05, 0) is 39.8 Å². The van der Waals surface area contributed by atoms with Crippen LogP contribution in [-0.4, -0.2) is 68.7 Å². The van der Waals surface area contributed by atoms with Crippen molar-refractivity contribution in [2.45, 2.75) is 31.6 Å². The zero-order valence-corrected chi connectivity index (χ0v) is 22.1. The summed E-state index contributed by atoms with van der Waals surface area (Å²) in [5.74, 6) is -0.733. The van der Waals surface area contributed by atoms with Gasteiger partial charge >= 0.3 is 6.18 Å². The molecule has 0 N–H and O–H groups in total. The van der Waals surface area contributed by atoms with Crippen LogP contribution in [0.5, 0.6) is 5.75 Å². The van der Waals surface area contributed by atoms with Gasteiger partial charge in [0.25, 0.3) is 5.82 Å². The molecule has 1 aliphatic heterocycles. The average molecular weight is 551 g/mol. The molecular weight excluding hydrogens is 521 g/mol. The summed E-state index contributed by atoms with van der Waals surface area (Å²) in [6.45, 7) is 3.66. The number of piperazine rings is 1. The molecule has 0 radical (unpaired) electrons. The first-order valence-electron chi connectivity index (χ1n) is 12.9. The number of hydrogen-bond donors (Lipinski definition) is 0. The molecule has 8 nitrogen and oxygen atoms in total. The zero-order chi connectivity index (χ0) is 28.3. The van der Waals surface area contributed by atoms with E-state index in [4.69, 9.17) is 4.74 Å². The molecule has 208 valence electrons. The second-order valence-corrected chi connectivity index (χ2v) is 9.72. The number of halogens is 3. The lowest BCUT2D eigenvalue weighted by atomic mass is 9.83. The van der Waals surface area contributed by atoms with Gasteiger partial charge in [0.05, 0.1) is 18.8 Å². The number of alkyl halides is 3. The van der Waals surface area contributed by atoms with Gasteiger partial charge in [0.15, 0.2) is 0 Å². The quantitative estimate of drug-likeness (QED) is 0.336. The molecule has 11 heteroatoms. The van der Waals surface area contributed by atoms with Crippen LogP contribution in [0.15, 0.2) is 78.9 Å². The first kappa shape index (κ1) is 27.3. The summed E-state index contributed by atoms with van der Waals surface area (Å²) >= 11 is 0. The van der Waals surface area contributed by atoms with Gasteiger partial charge in [0.2, 0.25) is 5.91 Å². The number of carbonyl (C=O) groups is 1. The summed E-state index contributed by atoms with van der Waals surface area (Å²) in [6.07, 6.45) is -4.70. The number of amides is 1. The number of ether oxygens (including phenoxy) is 1. The zero-order valence-electron chi connectivity index (χ0n) is 22.1. The average Bonchev–Trinajstić information content (AvgIpc) is 3.46. The van der Waals surface area contributed by atoms with E-state index in [1.54, 1.807) is 19.1 Å². The molecular formula is C29H29F3N6O2. The molecule has 1 aliphatic rings. The van der Waals surface area contributed by atoms with E-state index in [0.717, 1.165) is 11.1 Å². The highest BCUT2D eigenvalue weighted by atomic mass is 19.4. The van der Waals surface area contributed by atoms with Crippen LogP contribution in [0, 0.1) is 0 Å². The number of benzene rings is 3. The van der Waals surface area contributed by atoms with Crippen LogP contribution in [0.4, 0.5) is 13.2 Å². The van der Waals surface area contributed by atoms with E-state index in [1.807, 2.05) is 41.3 Å². The van der Waals surface area contributed by atoms with E-state index in [9.17, 15) is 18.0 Å². The molecule has 1 saturated heterocycles. The molecule has 5 rings (SSSR count). The summed E-state index contributed by atoms with van der Waals surface area (Å²) < 4.78 is 46.6. The Morgan fingerprint density at radius 3 is 2.23 bits per heavy atom. The van der Waals surface area contributed by atoms with E-state index in [2.05, 4.69) is 44.7 Å². The maximum Gasteiger partial charge on any atom is 0.453 e. The smallest absolute Gasteiger partial charge is 0.453 e. The lowest BCUT2D eigenvalue weighted by molar-refractivity contribution is -0.146. The Morgan fingerprint density at radius 2 is 1.65 bits per heavy atom. The molecule has 40 heavy (non-hydrogen) atoms. The van der Waals surface area contributed by atoms with Crippen LogP contribution < -0.4 is 4.74 Å². The Balaban J connectivity index is 1.48. The van der Waals surface area contributed by atoms with Crippen molar-refractivity contribution >= 4 is 5.91 Å². The Hall–Kier alpha value is -4.25. The maximum atomic E-state index is 13.5. The van der Waals surface area contributed by atoms with Gasteiger partial charge in [0.1, 0.15) is 5.75 Å². The summed E-state index contributed by atoms with van der Waals surface area (Å²) in [4.78, 5) is 16.9. The van der Waals surface area contributed by atoms with Crippen LogP contribution in [0.3, 0.4) is 0 Å². The number of rotatable bonds is 7. The van der Waals surface area contributed by atoms with Gasteiger partial charge in [0, 0.05) is 44.6 Å². The number of carbonyl (C=O) groups excluding carboxylic acids is 1. The van der Waals surface area contributed by atoms with Gasteiger partial charge in [-0.2, -0.15) is 17.9 Å². The number of tetrazole rings is 1. The van der Waals surface area contributed by atoms with E-state index in [1.165, 1.54) is 13.2 Å². The van der Waals surface area contributed by atoms with Crippen molar-refractivity contribution in [1.29, 1.82) is 0 Å². The second-order valence-electron chi connectivity index (χ2n) is 9.72. The Bertz CT molecular complexity index is 1410. The molecule has 0 saturated carbocycles. The Kier molecular flexibility index (Phi) is 7.83. The molecule has 1 fully saturated rings. The minimum Gasteiger partial charge on any atom is -0.496 e. The van der Waals surface area contributed by atoms with Crippen LogP contribution >= 0.6 is 0 Å². The van der Waals surface area contributed by atoms with Crippen LogP contribution in [0.25, 0.3) is 5.69 Å². The topological polar surface area (TPSA) is 76.4 Å². The molecule has 0 spiro atoms. The standard InChI is InChI=1S/C29H29F3N6O2/c1-20(39)37-16-15-36(19-25(37)27(21-9-5-3-6-10-21)22-11-7-4-8-12-22)18-23-17-24(13-14-26(23)40-2)38-28(29(30,31)32)33-34-35-38/h3-14,17,25,27H,15-16,18-19H2,1-2H3. The Morgan fingerprint density at radius 1 is 1.00 bits per heavy atom. The van der Waals surface area contributed by atoms with E-state index in [0.29, 0.717) is 42.2 Å². The van der Waals surface area contributed by atoms with Crippen molar-refractivity contribution in [1.82, 2.24) is 30.0 Å². The van der Waals surface area contributed by atoms with Crippen molar-refractivity contribution < 1.29 is 22.7 Å². The molecule has 1 amide bonds. The normalized spacial score (nSPS) is 16.4. The van der Waals surface area contributed by atoms with Gasteiger partial charge in [-0.15, -0.1) is 5.10 Å². The van der Waals surface area contributed by atoms with Crippen LogP contribution in [-0.2, 0) is 17.5 Å². The van der Waals surface area contributed by atoms with Crippen molar-refractivity contribution in [2.24, 2.45) is 0 Å². The largest absolute Gasteiger partial charge is 0.496 e. The summed E-state index contributed by atoms with van der Waals surface area (Å²) in [7, 11) is 1.52. The third-order valence-electron chi connectivity index (χ3n) is 7.23. The number of nitrogens with zero attached hydrogens (tertiary/aromatic N) is 6. The minimum atomic E-state index is -4.70. The molecule has 3 aromatic carbocycles. The summed E-state index contributed by atoms with van der Waals surface area (Å²) in [5.41, 5.74) is 3.07. The predicted molar refractivity (Wildman–Crippen MR) is 142 cm³/mol. The SMILES string of the molecule is COc1ccc(-n2nnnc2C(F)(F)F)cc1CN1CCN(C(C)=O)C(C(c2ccccc2)c2ccccc2)C1. The monoisotopic (exact) mass is 550 g/mol. The summed E-state index contributed by atoms with van der Waals surface area (Å²) in [5, 5.41) is 9.95. The number of hydrogen-bond acceptors (Lipinski definition) is 6. The fourth-order valence-electron chi connectivity index (χ4n) is 5.45. The molecule has 2 heterocycles. The molecule has 1 unspecified atom stereocenters. The number of methoxy groups -OCH3 is 1. The minimum absolute atomic E-state index is 0.000507. The van der Waals surface area contributed by atoms with Crippen LogP contribution in [0.2, 0.25) is 0 Å². The van der Waals surface area contributed by atoms with Crippen molar-refractivity contribution in [3.8, 4) is 11.4 Å². The van der Waals surface area contributed by atoms with Gasteiger partial charge < -0.3 is 9.64 Å². The van der Waals surface area contributed by atoms with E-state index in [-0.39, 0.29) is 23.6 Å². The van der Waals surface area contributed by atoms with Crippen molar-refractivity contribution in [2.75, 3.05) is 26.7 Å². The highest BCUT2D eigenvalue weighted by Gasteiger charge is 2.39. The van der Waals surface area contributed by atoms with Gasteiger partial charge in [-0.25, -0.2) is 0 Å². The van der Waals surface area contributed by atoms with Crippen LogP contribution in [0.1, 0.15) is 35.4 Å². The van der Waals surface area contributed by atoms with Crippen molar-refractivity contribution in [3.63, 3.8) is 0 Å². The van der Waals surface area contributed by atoms with E-state index < -0.39 is 12.0 Å². The maximum absolute atomic E-state index is 13.5. The number of aromatic nitrogens is 4. The fourth-order valence-corrected chi connectivity index (χ4v) is 5.45. The van der Waals surface area contributed by atoms with Gasteiger partial charge in [-0.3, -0.25) is 9.69 Å². The second kappa shape index (κ2) is 11.5. The fraction of sp³-hybridized carbons (Fsp3) is 0.310. The molecule has 1 aromatic heterocycles. The highest BCUT2D eigenvalue weighted by molar-refractivity contribution is 5.74. The first-order valence-corrected chi connectivity index (χ1v) is 12.9. The van der Waals surface area contributed by atoms with E-state index >= 15 is 0 Å². The first-order chi connectivity index (χ1) is 19.3.